The van der Waals surface area contributed by atoms with Gasteiger partial charge in [0.05, 0.1) is 13.4 Å². The van der Waals surface area contributed by atoms with Crippen LogP contribution in [0.25, 0.3) is 5.57 Å². The first-order valence-electron chi connectivity index (χ1n) is 11.3. The van der Waals surface area contributed by atoms with E-state index >= 15 is 0 Å². The van der Waals surface area contributed by atoms with E-state index in [9.17, 15) is 0 Å². The van der Waals surface area contributed by atoms with Crippen molar-refractivity contribution in [2.45, 2.75) is 19.6 Å². The van der Waals surface area contributed by atoms with Crippen molar-refractivity contribution in [3.63, 3.8) is 0 Å². The lowest BCUT2D eigenvalue weighted by Crippen LogP contribution is -2.05. The van der Waals surface area contributed by atoms with Gasteiger partial charge in [-0.05, 0) is 34.9 Å². The lowest BCUT2D eigenvalue weighted by atomic mass is 9.96. The van der Waals surface area contributed by atoms with Crippen LogP contribution in [-0.4, -0.2) is 7.11 Å². The molecule has 0 aliphatic carbocycles. The van der Waals surface area contributed by atoms with Crippen molar-refractivity contribution in [2.24, 2.45) is 0 Å². The van der Waals surface area contributed by atoms with Crippen LogP contribution >= 0.6 is 0 Å². The molecule has 0 saturated carbocycles. The van der Waals surface area contributed by atoms with Gasteiger partial charge in [-0.15, -0.1) is 0 Å². The summed E-state index contributed by atoms with van der Waals surface area (Å²) in [6.07, 6.45) is 2.54. The standard InChI is InChI=1S/C30H26O4/c1-31-30-18-27(33-20-23-10-6-3-7-11-23)14-15-28(30)25-16-24-12-13-26(17-29(24)34-21-25)32-19-22-8-4-2-5-9-22/h2-15,17-18,21H,16,19-20H2,1H3. The monoisotopic (exact) mass is 450 g/mol. The number of allylic oxidation sites excluding steroid dienone is 1. The maximum atomic E-state index is 5.99. The van der Waals surface area contributed by atoms with E-state index in [1.807, 2.05) is 78.9 Å². The molecule has 34 heavy (non-hydrogen) atoms. The van der Waals surface area contributed by atoms with Crippen molar-refractivity contribution < 1.29 is 18.9 Å². The average molecular weight is 451 g/mol. The Balaban J connectivity index is 1.27. The molecule has 4 aromatic rings. The Morgan fingerprint density at radius 3 is 1.97 bits per heavy atom. The summed E-state index contributed by atoms with van der Waals surface area (Å²) in [7, 11) is 1.67. The second-order valence-electron chi connectivity index (χ2n) is 8.12. The Bertz CT molecular complexity index is 1280. The summed E-state index contributed by atoms with van der Waals surface area (Å²) in [5, 5.41) is 0. The van der Waals surface area contributed by atoms with Gasteiger partial charge in [-0.25, -0.2) is 0 Å². The van der Waals surface area contributed by atoms with Crippen molar-refractivity contribution in [1.29, 1.82) is 0 Å². The lowest BCUT2D eigenvalue weighted by Gasteiger charge is -2.20. The minimum Gasteiger partial charge on any atom is -0.496 e. The summed E-state index contributed by atoms with van der Waals surface area (Å²) in [6.45, 7) is 1.04. The highest BCUT2D eigenvalue weighted by atomic mass is 16.5. The summed E-state index contributed by atoms with van der Waals surface area (Å²) in [5.41, 5.74) is 5.40. The van der Waals surface area contributed by atoms with Crippen LogP contribution in [0.3, 0.4) is 0 Å². The van der Waals surface area contributed by atoms with Gasteiger partial charge in [0.1, 0.15) is 36.2 Å². The maximum absolute atomic E-state index is 5.99. The minimum atomic E-state index is 0.511. The van der Waals surface area contributed by atoms with Crippen LogP contribution in [0.4, 0.5) is 0 Å². The molecule has 1 heterocycles. The molecule has 5 rings (SSSR count). The third kappa shape index (κ3) is 5.07. The van der Waals surface area contributed by atoms with Crippen LogP contribution in [0.15, 0.2) is 103 Å². The van der Waals surface area contributed by atoms with Gasteiger partial charge >= 0.3 is 0 Å². The molecule has 0 atom stereocenters. The molecule has 0 aromatic heterocycles. The van der Waals surface area contributed by atoms with Crippen LogP contribution in [0, 0.1) is 0 Å². The van der Waals surface area contributed by atoms with E-state index in [-0.39, 0.29) is 0 Å². The molecule has 0 spiro atoms. The van der Waals surface area contributed by atoms with Crippen LogP contribution in [0.2, 0.25) is 0 Å². The molecule has 0 amide bonds. The molecule has 4 nitrogen and oxygen atoms in total. The average Bonchev–Trinajstić information content (AvgIpc) is 2.91. The van der Waals surface area contributed by atoms with E-state index in [2.05, 4.69) is 18.2 Å². The highest BCUT2D eigenvalue weighted by Crippen LogP contribution is 2.38. The second-order valence-corrected chi connectivity index (χ2v) is 8.12. The van der Waals surface area contributed by atoms with Gasteiger partial charge < -0.3 is 18.9 Å². The van der Waals surface area contributed by atoms with E-state index in [0.29, 0.717) is 13.2 Å². The summed E-state index contributed by atoms with van der Waals surface area (Å²) < 4.78 is 23.6. The molecule has 4 heteroatoms. The summed E-state index contributed by atoms with van der Waals surface area (Å²) >= 11 is 0. The van der Waals surface area contributed by atoms with E-state index in [0.717, 1.165) is 57.2 Å². The molecule has 0 unspecified atom stereocenters. The minimum absolute atomic E-state index is 0.511. The number of benzene rings is 4. The summed E-state index contributed by atoms with van der Waals surface area (Å²) in [4.78, 5) is 0. The SMILES string of the molecule is COc1cc(OCc2ccccc2)ccc1C1=COc2cc(OCc3ccccc3)ccc2C1. The van der Waals surface area contributed by atoms with Crippen molar-refractivity contribution >= 4 is 5.57 Å². The fourth-order valence-electron chi connectivity index (χ4n) is 3.93. The largest absolute Gasteiger partial charge is 0.496 e. The van der Waals surface area contributed by atoms with Gasteiger partial charge in [0.25, 0.3) is 0 Å². The van der Waals surface area contributed by atoms with Gasteiger partial charge in [0.15, 0.2) is 0 Å². The Morgan fingerprint density at radius 2 is 1.32 bits per heavy atom. The number of hydrogen-bond donors (Lipinski definition) is 0. The first-order chi connectivity index (χ1) is 16.8. The highest BCUT2D eigenvalue weighted by Gasteiger charge is 2.18. The zero-order chi connectivity index (χ0) is 23.2. The van der Waals surface area contributed by atoms with Crippen molar-refractivity contribution in [3.8, 4) is 23.0 Å². The van der Waals surface area contributed by atoms with Crippen molar-refractivity contribution in [3.05, 3.63) is 126 Å². The third-order valence-electron chi connectivity index (χ3n) is 5.76. The molecule has 0 bridgehead atoms. The molecular formula is C30H26O4. The maximum Gasteiger partial charge on any atom is 0.133 e. The number of rotatable bonds is 8. The van der Waals surface area contributed by atoms with Gasteiger partial charge in [0.2, 0.25) is 0 Å². The predicted octanol–water partition coefficient (Wildman–Crippen LogP) is 6.83. The predicted molar refractivity (Wildman–Crippen MR) is 133 cm³/mol. The Morgan fingerprint density at radius 1 is 0.706 bits per heavy atom. The fraction of sp³-hybridized carbons (Fsp3) is 0.133. The molecular weight excluding hydrogens is 424 g/mol. The van der Waals surface area contributed by atoms with Crippen LogP contribution in [-0.2, 0) is 19.6 Å². The van der Waals surface area contributed by atoms with Crippen molar-refractivity contribution in [1.82, 2.24) is 0 Å². The van der Waals surface area contributed by atoms with Crippen LogP contribution in [0.5, 0.6) is 23.0 Å². The normalized spacial score (nSPS) is 12.2. The quantitative estimate of drug-likeness (QED) is 0.295. The molecule has 1 aliphatic heterocycles. The summed E-state index contributed by atoms with van der Waals surface area (Å²) in [6, 6.07) is 32.2. The van der Waals surface area contributed by atoms with Gasteiger partial charge in [0, 0.05) is 29.7 Å². The van der Waals surface area contributed by atoms with Gasteiger partial charge in [-0.1, -0.05) is 66.7 Å². The van der Waals surface area contributed by atoms with Gasteiger partial charge in [-0.2, -0.15) is 0 Å². The molecule has 1 aliphatic rings. The Labute approximate surface area is 200 Å². The number of ether oxygens (including phenoxy) is 4. The van der Waals surface area contributed by atoms with Gasteiger partial charge in [-0.3, -0.25) is 0 Å². The molecule has 0 saturated heterocycles. The van der Waals surface area contributed by atoms with E-state index in [1.165, 1.54) is 0 Å². The molecule has 0 radical (unpaired) electrons. The van der Waals surface area contributed by atoms with Crippen LogP contribution in [0.1, 0.15) is 22.3 Å². The van der Waals surface area contributed by atoms with E-state index in [4.69, 9.17) is 18.9 Å². The Hall–Kier alpha value is -4.18. The van der Waals surface area contributed by atoms with E-state index < -0.39 is 0 Å². The number of fused-ring (bicyclic) bond motifs is 1. The topological polar surface area (TPSA) is 36.9 Å². The molecule has 170 valence electrons. The Kier molecular flexibility index (Phi) is 6.48. The smallest absolute Gasteiger partial charge is 0.133 e. The van der Waals surface area contributed by atoms with E-state index in [1.54, 1.807) is 13.4 Å². The first kappa shape index (κ1) is 21.7. The fourth-order valence-corrected chi connectivity index (χ4v) is 3.93. The number of hydrogen-bond acceptors (Lipinski definition) is 4. The van der Waals surface area contributed by atoms with Crippen molar-refractivity contribution in [2.75, 3.05) is 7.11 Å². The highest BCUT2D eigenvalue weighted by molar-refractivity contribution is 5.74. The summed E-state index contributed by atoms with van der Waals surface area (Å²) in [5.74, 6) is 3.13. The zero-order valence-electron chi connectivity index (χ0n) is 19.1. The molecule has 0 fully saturated rings. The van der Waals surface area contributed by atoms with Crippen LogP contribution < -0.4 is 18.9 Å². The lowest BCUT2D eigenvalue weighted by molar-refractivity contribution is 0.303. The first-order valence-corrected chi connectivity index (χ1v) is 11.3. The number of methoxy groups -OCH3 is 1. The molecule has 4 aromatic carbocycles. The zero-order valence-corrected chi connectivity index (χ0v) is 19.1. The third-order valence-corrected chi connectivity index (χ3v) is 5.76. The molecule has 0 N–H and O–H groups in total. The second kappa shape index (κ2) is 10.2.